The highest BCUT2D eigenvalue weighted by molar-refractivity contribution is 6.30. The number of halogens is 1. The lowest BCUT2D eigenvalue weighted by atomic mass is 10.1. The molecule has 6 nitrogen and oxygen atoms in total. The standard InChI is InChI=1S/C20H19ClN4O2/c1-13-22-9-8-17(24-13)20(26)25-10-2-3-18(25)19-23-12-16(27-19)11-14-4-6-15(21)7-5-14/h4-9,12,18H,2-3,10-11H2,1H3/t18-/m1/s1. The fourth-order valence-corrected chi connectivity index (χ4v) is 3.48. The molecule has 27 heavy (non-hydrogen) atoms. The molecule has 3 aromatic rings. The van der Waals surface area contributed by atoms with Crippen molar-refractivity contribution in [3.8, 4) is 0 Å². The third-order valence-electron chi connectivity index (χ3n) is 4.66. The molecule has 0 saturated carbocycles. The zero-order chi connectivity index (χ0) is 18.8. The van der Waals surface area contributed by atoms with Crippen LogP contribution in [0.15, 0.2) is 47.1 Å². The molecule has 1 aliphatic rings. The van der Waals surface area contributed by atoms with Crippen LogP contribution in [0.25, 0.3) is 0 Å². The van der Waals surface area contributed by atoms with E-state index < -0.39 is 0 Å². The van der Waals surface area contributed by atoms with Crippen molar-refractivity contribution in [2.75, 3.05) is 6.54 Å². The molecule has 1 aromatic carbocycles. The van der Waals surface area contributed by atoms with Gasteiger partial charge >= 0.3 is 0 Å². The first-order valence-electron chi connectivity index (χ1n) is 8.90. The molecule has 138 valence electrons. The minimum Gasteiger partial charge on any atom is -0.443 e. The summed E-state index contributed by atoms with van der Waals surface area (Å²) in [5, 5.41) is 0.706. The van der Waals surface area contributed by atoms with E-state index in [0.29, 0.717) is 35.4 Å². The Labute approximate surface area is 162 Å². The molecule has 2 aromatic heterocycles. The lowest BCUT2D eigenvalue weighted by Gasteiger charge is -2.21. The van der Waals surface area contributed by atoms with Crippen molar-refractivity contribution in [2.24, 2.45) is 0 Å². The van der Waals surface area contributed by atoms with Gasteiger partial charge < -0.3 is 9.32 Å². The maximum absolute atomic E-state index is 12.9. The number of oxazole rings is 1. The number of carbonyl (C=O) groups is 1. The smallest absolute Gasteiger partial charge is 0.273 e. The molecule has 0 radical (unpaired) electrons. The van der Waals surface area contributed by atoms with Crippen molar-refractivity contribution >= 4 is 17.5 Å². The average Bonchev–Trinajstić information content (AvgIpc) is 3.32. The minimum atomic E-state index is -0.160. The second-order valence-electron chi connectivity index (χ2n) is 6.61. The third kappa shape index (κ3) is 3.85. The Morgan fingerprint density at radius 2 is 2.07 bits per heavy atom. The molecule has 7 heteroatoms. The Kier molecular flexibility index (Phi) is 4.90. The molecule has 1 saturated heterocycles. The SMILES string of the molecule is Cc1nccc(C(=O)N2CCC[C@@H]2c2ncc(Cc3ccc(Cl)cc3)o2)n1. The van der Waals surface area contributed by atoms with E-state index in [9.17, 15) is 4.79 Å². The highest BCUT2D eigenvalue weighted by Crippen LogP contribution is 2.33. The van der Waals surface area contributed by atoms with E-state index in [1.54, 1.807) is 30.3 Å². The summed E-state index contributed by atoms with van der Waals surface area (Å²) in [6, 6.07) is 9.13. The third-order valence-corrected chi connectivity index (χ3v) is 4.91. The van der Waals surface area contributed by atoms with Gasteiger partial charge in [-0.25, -0.2) is 15.0 Å². The Morgan fingerprint density at radius 3 is 2.85 bits per heavy atom. The first-order valence-corrected chi connectivity index (χ1v) is 9.27. The molecule has 1 atom stereocenters. The second-order valence-corrected chi connectivity index (χ2v) is 7.05. The van der Waals surface area contributed by atoms with Crippen molar-refractivity contribution in [1.29, 1.82) is 0 Å². The quantitative estimate of drug-likeness (QED) is 0.682. The number of nitrogens with zero attached hydrogens (tertiary/aromatic N) is 4. The van der Waals surface area contributed by atoms with Crippen LogP contribution in [0.2, 0.25) is 5.02 Å². The fourth-order valence-electron chi connectivity index (χ4n) is 3.35. The number of likely N-dealkylation sites (tertiary alicyclic amines) is 1. The van der Waals surface area contributed by atoms with Gasteiger partial charge in [0.25, 0.3) is 5.91 Å². The van der Waals surface area contributed by atoms with Gasteiger partial charge in [0, 0.05) is 24.2 Å². The molecule has 0 N–H and O–H groups in total. The highest BCUT2D eigenvalue weighted by atomic mass is 35.5. The van der Waals surface area contributed by atoms with Crippen LogP contribution >= 0.6 is 11.6 Å². The normalized spacial score (nSPS) is 16.7. The molecular formula is C20H19ClN4O2. The Morgan fingerprint density at radius 1 is 1.26 bits per heavy atom. The maximum Gasteiger partial charge on any atom is 0.273 e. The summed E-state index contributed by atoms with van der Waals surface area (Å²) in [5.74, 6) is 1.82. The van der Waals surface area contributed by atoms with Crippen molar-refractivity contribution < 1.29 is 9.21 Å². The maximum atomic E-state index is 12.9. The Bertz CT molecular complexity index is 955. The van der Waals surface area contributed by atoms with Crippen LogP contribution in [0.5, 0.6) is 0 Å². The summed E-state index contributed by atoms with van der Waals surface area (Å²) in [7, 11) is 0. The topological polar surface area (TPSA) is 72.1 Å². The molecule has 0 unspecified atom stereocenters. The van der Waals surface area contributed by atoms with Gasteiger partial charge in [0.1, 0.15) is 23.3 Å². The predicted octanol–water partition coefficient (Wildman–Crippen LogP) is 3.99. The van der Waals surface area contributed by atoms with Crippen LogP contribution in [0.3, 0.4) is 0 Å². The molecule has 0 spiro atoms. The second kappa shape index (κ2) is 7.48. The van der Waals surface area contributed by atoms with Crippen molar-refractivity contribution in [3.63, 3.8) is 0 Å². The zero-order valence-electron chi connectivity index (χ0n) is 14.9. The van der Waals surface area contributed by atoms with Gasteiger partial charge in [0.2, 0.25) is 5.89 Å². The Balaban J connectivity index is 1.51. The molecule has 4 rings (SSSR count). The largest absolute Gasteiger partial charge is 0.443 e. The fraction of sp³-hybridized carbons (Fsp3) is 0.300. The predicted molar refractivity (Wildman–Crippen MR) is 101 cm³/mol. The molecule has 1 amide bonds. The van der Waals surface area contributed by atoms with Crippen molar-refractivity contribution in [3.05, 3.63) is 76.5 Å². The van der Waals surface area contributed by atoms with Crippen molar-refractivity contribution in [2.45, 2.75) is 32.2 Å². The number of amides is 1. The van der Waals surface area contributed by atoms with E-state index in [-0.39, 0.29) is 11.9 Å². The van der Waals surface area contributed by atoms with Crippen LogP contribution in [0, 0.1) is 6.92 Å². The zero-order valence-corrected chi connectivity index (χ0v) is 15.7. The first kappa shape index (κ1) is 17.7. The number of hydrogen-bond donors (Lipinski definition) is 0. The number of aryl methyl sites for hydroxylation is 1. The van der Waals surface area contributed by atoms with E-state index in [4.69, 9.17) is 16.0 Å². The number of rotatable bonds is 4. The van der Waals surface area contributed by atoms with Gasteiger partial charge in [-0.05, 0) is 43.5 Å². The summed E-state index contributed by atoms with van der Waals surface area (Å²) in [6.45, 7) is 2.44. The van der Waals surface area contributed by atoms with E-state index >= 15 is 0 Å². The monoisotopic (exact) mass is 382 g/mol. The van der Waals surface area contributed by atoms with Crippen LogP contribution in [-0.4, -0.2) is 32.3 Å². The summed E-state index contributed by atoms with van der Waals surface area (Å²) >= 11 is 5.93. The first-order chi connectivity index (χ1) is 13.1. The molecule has 0 aliphatic carbocycles. The van der Waals surface area contributed by atoms with E-state index in [1.807, 2.05) is 24.3 Å². The molecule has 1 aliphatic heterocycles. The van der Waals surface area contributed by atoms with Crippen LogP contribution in [0.4, 0.5) is 0 Å². The summed E-state index contributed by atoms with van der Waals surface area (Å²) < 4.78 is 5.97. The average molecular weight is 383 g/mol. The number of aromatic nitrogens is 3. The Hall–Kier alpha value is -2.73. The molecule has 3 heterocycles. The molecule has 1 fully saturated rings. The van der Waals surface area contributed by atoms with E-state index in [1.165, 1.54) is 0 Å². The van der Waals surface area contributed by atoms with Crippen LogP contribution < -0.4 is 0 Å². The molecular weight excluding hydrogens is 364 g/mol. The number of carbonyl (C=O) groups excluding carboxylic acids is 1. The summed E-state index contributed by atoms with van der Waals surface area (Å²) in [6.07, 6.45) is 5.72. The number of benzene rings is 1. The minimum absolute atomic E-state index is 0.111. The van der Waals surface area contributed by atoms with Gasteiger partial charge in [0.05, 0.1) is 6.20 Å². The van der Waals surface area contributed by atoms with E-state index in [2.05, 4.69) is 15.0 Å². The lowest BCUT2D eigenvalue weighted by Crippen LogP contribution is -2.31. The molecule has 0 bridgehead atoms. The summed E-state index contributed by atoms with van der Waals surface area (Å²) in [4.78, 5) is 27.4. The van der Waals surface area contributed by atoms with Gasteiger partial charge in [-0.2, -0.15) is 0 Å². The highest BCUT2D eigenvalue weighted by Gasteiger charge is 2.34. The summed E-state index contributed by atoms with van der Waals surface area (Å²) in [5.41, 5.74) is 1.50. The lowest BCUT2D eigenvalue weighted by molar-refractivity contribution is 0.0708. The van der Waals surface area contributed by atoms with Crippen LogP contribution in [0.1, 0.15) is 52.4 Å². The van der Waals surface area contributed by atoms with Gasteiger partial charge in [0.15, 0.2) is 0 Å². The number of hydrogen-bond acceptors (Lipinski definition) is 5. The van der Waals surface area contributed by atoms with Gasteiger partial charge in [-0.1, -0.05) is 23.7 Å². The van der Waals surface area contributed by atoms with Gasteiger partial charge in [-0.15, -0.1) is 0 Å². The van der Waals surface area contributed by atoms with Crippen LogP contribution in [-0.2, 0) is 6.42 Å². The van der Waals surface area contributed by atoms with Gasteiger partial charge in [-0.3, -0.25) is 4.79 Å². The van der Waals surface area contributed by atoms with E-state index in [0.717, 1.165) is 24.2 Å². The van der Waals surface area contributed by atoms with Crippen molar-refractivity contribution in [1.82, 2.24) is 19.9 Å².